The first-order valence-electron chi connectivity index (χ1n) is 7.86. The molecular weight excluding hydrogens is 234 g/mol. The van der Waals surface area contributed by atoms with Gasteiger partial charge in [-0.25, -0.2) is 0 Å². The van der Waals surface area contributed by atoms with Gasteiger partial charge in [0.1, 0.15) is 5.75 Å². The molecule has 1 aliphatic carbocycles. The second kappa shape index (κ2) is 6.42. The third-order valence-electron chi connectivity index (χ3n) is 4.68. The van der Waals surface area contributed by atoms with Crippen LogP contribution in [0.15, 0.2) is 24.3 Å². The van der Waals surface area contributed by atoms with Crippen molar-refractivity contribution in [1.82, 2.24) is 5.32 Å². The topological polar surface area (TPSA) is 21.3 Å². The molecule has 0 spiro atoms. The van der Waals surface area contributed by atoms with E-state index in [0.717, 1.165) is 31.2 Å². The first-order valence-corrected chi connectivity index (χ1v) is 7.86. The van der Waals surface area contributed by atoms with Crippen molar-refractivity contribution in [2.75, 3.05) is 19.7 Å². The molecule has 0 bridgehead atoms. The number of ether oxygens (including phenoxy) is 1. The predicted molar refractivity (Wildman–Crippen MR) is 78.7 cm³/mol. The Morgan fingerprint density at radius 1 is 1.11 bits per heavy atom. The van der Waals surface area contributed by atoms with Crippen molar-refractivity contribution >= 4 is 0 Å². The molecule has 0 amide bonds. The standard InChI is InChI=1S/C17H25NO/c1-2-6-14(5-1)9-11-18-13-15-10-12-19-17-8-4-3-7-16(15)17/h3-4,7-8,14-15,18H,1-2,5-6,9-13H2. The molecule has 2 aliphatic rings. The highest BCUT2D eigenvalue weighted by Crippen LogP contribution is 2.33. The molecule has 0 aromatic heterocycles. The van der Waals surface area contributed by atoms with Crippen LogP contribution in [0.5, 0.6) is 5.75 Å². The van der Waals surface area contributed by atoms with Gasteiger partial charge in [0.25, 0.3) is 0 Å². The molecule has 1 fully saturated rings. The van der Waals surface area contributed by atoms with Gasteiger partial charge in [-0.2, -0.15) is 0 Å². The second-order valence-electron chi connectivity index (χ2n) is 6.02. The third kappa shape index (κ3) is 3.30. The maximum Gasteiger partial charge on any atom is 0.122 e. The summed E-state index contributed by atoms with van der Waals surface area (Å²) >= 11 is 0. The summed E-state index contributed by atoms with van der Waals surface area (Å²) in [5.41, 5.74) is 1.39. The predicted octanol–water partition coefficient (Wildman–Crippen LogP) is 3.72. The molecule has 1 aromatic carbocycles. The van der Waals surface area contributed by atoms with Gasteiger partial charge in [0.05, 0.1) is 6.61 Å². The van der Waals surface area contributed by atoms with Crippen LogP contribution in [0.2, 0.25) is 0 Å². The summed E-state index contributed by atoms with van der Waals surface area (Å²) in [7, 11) is 0. The molecule has 1 aliphatic heterocycles. The van der Waals surface area contributed by atoms with E-state index in [4.69, 9.17) is 4.74 Å². The summed E-state index contributed by atoms with van der Waals surface area (Å²) in [5.74, 6) is 2.72. The fraction of sp³-hybridized carbons (Fsp3) is 0.647. The van der Waals surface area contributed by atoms with Crippen molar-refractivity contribution in [2.45, 2.75) is 44.4 Å². The minimum Gasteiger partial charge on any atom is -0.493 e. The molecule has 2 nitrogen and oxygen atoms in total. The van der Waals surface area contributed by atoms with Crippen LogP contribution in [0.3, 0.4) is 0 Å². The number of rotatable bonds is 5. The molecule has 1 saturated carbocycles. The lowest BCUT2D eigenvalue weighted by molar-refractivity contribution is 0.264. The van der Waals surface area contributed by atoms with Crippen molar-refractivity contribution in [1.29, 1.82) is 0 Å². The highest BCUT2D eigenvalue weighted by molar-refractivity contribution is 5.37. The normalized spacial score (nSPS) is 23.1. The van der Waals surface area contributed by atoms with E-state index in [9.17, 15) is 0 Å². The molecule has 1 atom stereocenters. The number of hydrogen-bond acceptors (Lipinski definition) is 2. The fourth-order valence-electron chi connectivity index (χ4n) is 3.51. The minimum absolute atomic E-state index is 0.633. The smallest absolute Gasteiger partial charge is 0.122 e. The zero-order valence-corrected chi connectivity index (χ0v) is 11.7. The molecule has 104 valence electrons. The van der Waals surface area contributed by atoms with Gasteiger partial charge in [0.2, 0.25) is 0 Å². The van der Waals surface area contributed by atoms with Crippen molar-refractivity contribution in [3.05, 3.63) is 29.8 Å². The highest BCUT2D eigenvalue weighted by Gasteiger charge is 2.20. The maximum absolute atomic E-state index is 5.71. The van der Waals surface area contributed by atoms with Crippen molar-refractivity contribution in [3.63, 3.8) is 0 Å². The Kier molecular flexibility index (Phi) is 4.39. The van der Waals surface area contributed by atoms with Crippen molar-refractivity contribution in [2.24, 2.45) is 5.92 Å². The van der Waals surface area contributed by atoms with Crippen LogP contribution in [-0.4, -0.2) is 19.7 Å². The molecule has 19 heavy (non-hydrogen) atoms. The van der Waals surface area contributed by atoms with E-state index in [1.54, 1.807) is 0 Å². The zero-order valence-electron chi connectivity index (χ0n) is 11.7. The Hall–Kier alpha value is -1.02. The van der Waals surface area contributed by atoms with Crippen LogP contribution >= 0.6 is 0 Å². The fourth-order valence-corrected chi connectivity index (χ4v) is 3.51. The largest absolute Gasteiger partial charge is 0.493 e. The summed E-state index contributed by atoms with van der Waals surface area (Å²) in [5, 5.41) is 3.67. The second-order valence-corrected chi connectivity index (χ2v) is 6.02. The summed E-state index contributed by atoms with van der Waals surface area (Å²) in [6.45, 7) is 3.16. The number of hydrogen-bond donors (Lipinski definition) is 1. The van der Waals surface area contributed by atoms with Gasteiger partial charge < -0.3 is 10.1 Å². The van der Waals surface area contributed by atoms with Gasteiger partial charge in [-0.15, -0.1) is 0 Å². The van der Waals surface area contributed by atoms with Crippen LogP contribution in [-0.2, 0) is 0 Å². The summed E-state index contributed by atoms with van der Waals surface area (Å²) in [6.07, 6.45) is 8.35. The maximum atomic E-state index is 5.71. The molecule has 1 aromatic rings. The van der Waals surface area contributed by atoms with Gasteiger partial charge in [-0.3, -0.25) is 0 Å². The van der Waals surface area contributed by atoms with E-state index in [0.29, 0.717) is 5.92 Å². The molecule has 1 N–H and O–H groups in total. The lowest BCUT2D eigenvalue weighted by Crippen LogP contribution is -2.27. The number of benzene rings is 1. The van der Waals surface area contributed by atoms with Crippen LogP contribution in [0.4, 0.5) is 0 Å². The van der Waals surface area contributed by atoms with Crippen LogP contribution in [0.1, 0.15) is 50.0 Å². The Morgan fingerprint density at radius 3 is 2.84 bits per heavy atom. The van der Waals surface area contributed by atoms with Gasteiger partial charge in [0, 0.05) is 12.5 Å². The average molecular weight is 259 g/mol. The quantitative estimate of drug-likeness (QED) is 0.814. The lowest BCUT2D eigenvalue weighted by Gasteiger charge is -2.26. The van der Waals surface area contributed by atoms with Crippen LogP contribution < -0.4 is 10.1 Å². The van der Waals surface area contributed by atoms with Crippen molar-refractivity contribution < 1.29 is 4.74 Å². The average Bonchev–Trinajstić information content (AvgIpc) is 2.97. The summed E-state index contributed by atoms with van der Waals surface area (Å²) in [4.78, 5) is 0. The number of para-hydroxylation sites is 1. The molecule has 0 saturated heterocycles. The minimum atomic E-state index is 0.633. The Labute approximate surface area is 116 Å². The molecule has 2 heteroatoms. The molecule has 3 rings (SSSR count). The monoisotopic (exact) mass is 259 g/mol. The molecular formula is C17H25NO. The summed E-state index contributed by atoms with van der Waals surface area (Å²) < 4.78 is 5.71. The van der Waals surface area contributed by atoms with Gasteiger partial charge in [-0.1, -0.05) is 43.9 Å². The zero-order chi connectivity index (χ0) is 12.9. The van der Waals surface area contributed by atoms with E-state index >= 15 is 0 Å². The summed E-state index contributed by atoms with van der Waals surface area (Å²) in [6, 6.07) is 8.51. The van der Waals surface area contributed by atoms with Crippen LogP contribution in [0.25, 0.3) is 0 Å². The SMILES string of the molecule is c1ccc2c(c1)OCCC2CNCCC1CCCC1. The van der Waals surface area contributed by atoms with E-state index in [1.807, 2.05) is 0 Å². The molecule has 0 radical (unpaired) electrons. The van der Waals surface area contributed by atoms with Gasteiger partial charge in [-0.05, 0) is 36.9 Å². The molecule has 1 heterocycles. The lowest BCUT2D eigenvalue weighted by atomic mass is 9.93. The van der Waals surface area contributed by atoms with Gasteiger partial charge in [0.15, 0.2) is 0 Å². The van der Waals surface area contributed by atoms with E-state index in [1.165, 1.54) is 44.2 Å². The molecule has 1 unspecified atom stereocenters. The van der Waals surface area contributed by atoms with Crippen molar-refractivity contribution in [3.8, 4) is 5.75 Å². The van der Waals surface area contributed by atoms with Crippen LogP contribution in [0, 0.1) is 5.92 Å². The first-order chi connectivity index (χ1) is 9.43. The van der Waals surface area contributed by atoms with Gasteiger partial charge >= 0.3 is 0 Å². The number of fused-ring (bicyclic) bond motifs is 1. The third-order valence-corrected chi connectivity index (χ3v) is 4.68. The first kappa shape index (κ1) is 13.0. The van der Waals surface area contributed by atoms with E-state index < -0.39 is 0 Å². The Balaban J connectivity index is 1.45. The van der Waals surface area contributed by atoms with E-state index in [2.05, 4.69) is 29.6 Å². The Morgan fingerprint density at radius 2 is 1.95 bits per heavy atom. The Bertz CT molecular complexity index is 398. The number of nitrogens with one attached hydrogen (secondary N) is 1. The highest BCUT2D eigenvalue weighted by atomic mass is 16.5. The van der Waals surface area contributed by atoms with E-state index in [-0.39, 0.29) is 0 Å².